The van der Waals surface area contributed by atoms with Gasteiger partial charge in [0.2, 0.25) is 5.91 Å². The van der Waals surface area contributed by atoms with Gasteiger partial charge in [-0.2, -0.15) is 0 Å². The molecule has 1 amide bonds. The van der Waals surface area contributed by atoms with Crippen LogP contribution in [-0.2, 0) is 16.1 Å². The Morgan fingerprint density at radius 1 is 1.27 bits per heavy atom. The van der Waals surface area contributed by atoms with Crippen LogP contribution in [0.5, 0.6) is 0 Å². The van der Waals surface area contributed by atoms with E-state index in [-0.39, 0.29) is 36.6 Å². The summed E-state index contributed by atoms with van der Waals surface area (Å²) in [6, 6.07) is 10.4. The minimum absolute atomic E-state index is 0. The molecule has 5 nitrogen and oxygen atoms in total. The second kappa shape index (κ2) is 13.3. The number of nitrogens with two attached hydrogens (primary N) is 1. The third kappa shape index (κ3) is 8.23. The van der Waals surface area contributed by atoms with Gasteiger partial charge in [0.25, 0.3) is 0 Å². The molecular formula is C19H33Cl2N3O2. The molecule has 1 aromatic rings. The van der Waals surface area contributed by atoms with E-state index in [1.54, 1.807) is 0 Å². The molecule has 7 heteroatoms. The molecule has 150 valence electrons. The third-order valence-electron chi connectivity index (χ3n) is 4.97. The van der Waals surface area contributed by atoms with E-state index in [0.29, 0.717) is 25.8 Å². The maximum Gasteiger partial charge on any atom is 0.237 e. The molecule has 0 aliphatic carbocycles. The quantitative estimate of drug-likeness (QED) is 0.697. The van der Waals surface area contributed by atoms with Gasteiger partial charge in [0.05, 0.1) is 6.04 Å². The highest BCUT2D eigenvalue weighted by atomic mass is 35.5. The van der Waals surface area contributed by atoms with Gasteiger partial charge < -0.3 is 15.8 Å². The first-order chi connectivity index (χ1) is 11.6. The first-order valence-electron chi connectivity index (χ1n) is 8.93. The first kappa shape index (κ1) is 25.1. The summed E-state index contributed by atoms with van der Waals surface area (Å²) in [4.78, 5) is 14.5. The first-order valence-corrected chi connectivity index (χ1v) is 8.93. The molecule has 2 unspecified atom stereocenters. The number of hydrogen-bond acceptors (Lipinski definition) is 4. The highest BCUT2D eigenvalue weighted by Crippen LogP contribution is 2.17. The normalized spacial score (nSPS) is 16.9. The Labute approximate surface area is 169 Å². The number of benzene rings is 1. The van der Waals surface area contributed by atoms with E-state index in [0.717, 1.165) is 25.8 Å². The summed E-state index contributed by atoms with van der Waals surface area (Å²) < 4.78 is 5.32. The molecule has 0 saturated carbocycles. The van der Waals surface area contributed by atoms with E-state index >= 15 is 0 Å². The number of amides is 1. The van der Waals surface area contributed by atoms with E-state index in [1.807, 2.05) is 6.07 Å². The van der Waals surface area contributed by atoms with Crippen LogP contribution < -0.4 is 11.1 Å². The van der Waals surface area contributed by atoms with Gasteiger partial charge in [0.15, 0.2) is 0 Å². The Hall–Kier alpha value is -0.850. The smallest absolute Gasteiger partial charge is 0.237 e. The van der Waals surface area contributed by atoms with Crippen LogP contribution in [0.25, 0.3) is 0 Å². The number of nitrogens with one attached hydrogen (secondary N) is 1. The average Bonchev–Trinajstić information content (AvgIpc) is 2.62. The molecule has 3 N–H and O–H groups in total. The van der Waals surface area contributed by atoms with E-state index in [2.05, 4.69) is 48.5 Å². The van der Waals surface area contributed by atoms with E-state index in [4.69, 9.17) is 10.5 Å². The van der Waals surface area contributed by atoms with Crippen molar-refractivity contribution in [2.75, 3.05) is 26.8 Å². The maximum atomic E-state index is 12.2. The van der Waals surface area contributed by atoms with Crippen LogP contribution in [0.4, 0.5) is 0 Å². The van der Waals surface area contributed by atoms with Crippen molar-refractivity contribution < 1.29 is 9.53 Å². The maximum absolute atomic E-state index is 12.2. The number of nitrogens with zero attached hydrogens (tertiary/aromatic N) is 1. The molecule has 2 atom stereocenters. The van der Waals surface area contributed by atoms with Gasteiger partial charge in [-0.15, -0.1) is 24.8 Å². The van der Waals surface area contributed by atoms with E-state index in [1.165, 1.54) is 5.56 Å². The molecule has 0 radical (unpaired) electrons. The summed E-state index contributed by atoms with van der Waals surface area (Å²) in [6.07, 6.45) is 2.67. The van der Waals surface area contributed by atoms with E-state index in [9.17, 15) is 4.79 Å². The van der Waals surface area contributed by atoms with Crippen molar-refractivity contribution in [1.29, 1.82) is 0 Å². The molecule has 26 heavy (non-hydrogen) atoms. The lowest BCUT2D eigenvalue weighted by molar-refractivity contribution is -0.124. The SMILES string of the molecule is CC(CCNC(=O)C(N)C1CCOCC1)N(C)Cc1ccccc1.Cl.Cl. The summed E-state index contributed by atoms with van der Waals surface area (Å²) >= 11 is 0. The second-order valence-corrected chi connectivity index (χ2v) is 6.81. The van der Waals surface area contributed by atoms with Gasteiger partial charge in [-0.1, -0.05) is 30.3 Å². The van der Waals surface area contributed by atoms with Crippen LogP contribution in [0.3, 0.4) is 0 Å². The third-order valence-corrected chi connectivity index (χ3v) is 4.97. The average molecular weight is 406 g/mol. The Balaban J connectivity index is 0.00000312. The van der Waals surface area contributed by atoms with Crippen molar-refractivity contribution in [3.8, 4) is 0 Å². The van der Waals surface area contributed by atoms with Crippen LogP contribution in [0.15, 0.2) is 30.3 Å². The molecule has 1 heterocycles. The molecule has 2 rings (SSSR count). The minimum Gasteiger partial charge on any atom is -0.381 e. The fourth-order valence-electron chi connectivity index (χ4n) is 3.06. The highest BCUT2D eigenvalue weighted by Gasteiger charge is 2.26. The monoisotopic (exact) mass is 405 g/mol. The number of rotatable bonds is 8. The molecular weight excluding hydrogens is 373 g/mol. The lowest BCUT2D eigenvalue weighted by Gasteiger charge is -2.28. The molecule has 1 aliphatic heterocycles. The van der Waals surface area contributed by atoms with Crippen molar-refractivity contribution in [1.82, 2.24) is 10.2 Å². The number of carbonyl (C=O) groups is 1. The summed E-state index contributed by atoms with van der Waals surface area (Å²) in [6.45, 7) is 5.20. The fraction of sp³-hybridized carbons (Fsp3) is 0.632. The van der Waals surface area contributed by atoms with Crippen LogP contribution >= 0.6 is 24.8 Å². The van der Waals surface area contributed by atoms with Gasteiger partial charge in [0, 0.05) is 32.3 Å². The Morgan fingerprint density at radius 2 is 1.88 bits per heavy atom. The zero-order chi connectivity index (χ0) is 17.4. The molecule has 0 spiro atoms. The van der Waals surface area contributed by atoms with Crippen molar-refractivity contribution >= 4 is 30.7 Å². The van der Waals surface area contributed by atoms with Crippen LogP contribution in [0.1, 0.15) is 31.7 Å². The molecule has 1 fully saturated rings. The summed E-state index contributed by atoms with van der Waals surface area (Å²) in [5.74, 6) is 0.219. The standard InChI is InChI=1S/C19H31N3O2.2ClH/c1-15(22(2)14-16-6-4-3-5-7-16)8-11-21-19(23)18(20)17-9-12-24-13-10-17;;/h3-7,15,17-18H,8-14,20H2,1-2H3,(H,21,23);2*1H. The highest BCUT2D eigenvalue weighted by molar-refractivity contribution is 5.85. The zero-order valence-corrected chi connectivity index (χ0v) is 17.4. The van der Waals surface area contributed by atoms with Crippen LogP contribution in [0, 0.1) is 5.92 Å². The number of hydrogen-bond donors (Lipinski definition) is 2. The number of ether oxygens (including phenoxy) is 1. The lowest BCUT2D eigenvalue weighted by Crippen LogP contribution is -2.47. The molecule has 0 aromatic heterocycles. The van der Waals surface area contributed by atoms with Gasteiger partial charge in [0.1, 0.15) is 0 Å². The zero-order valence-electron chi connectivity index (χ0n) is 15.7. The number of halogens is 2. The van der Waals surface area contributed by atoms with Crippen molar-refractivity contribution in [2.24, 2.45) is 11.7 Å². The summed E-state index contributed by atoms with van der Waals surface area (Å²) in [5.41, 5.74) is 7.40. The minimum atomic E-state index is -0.411. The molecule has 1 saturated heterocycles. The Morgan fingerprint density at radius 3 is 2.50 bits per heavy atom. The van der Waals surface area contributed by atoms with E-state index < -0.39 is 6.04 Å². The largest absolute Gasteiger partial charge is 0.381 e. The lowest BCUT2D eigenvalue weighted by atomic mass is 9.92. The Bertz CT molecular complexity index is 499. The van der Waals surface area contributed by atoms with Crippen molar-refractivity contribution in [2.45, 2.75) is 44.8 Å². The molecule has 1 aromatic carbocycles. The predicted octanol–water partition coefficient (Wildman–Crippen LogP) is 2.61. The van der Waals surface area contributed by atoms with Crippen molar-refractivity contribution in [3.05, 3.63) is 35.9 Å². The van der Waals surface area contributed by atoms with Gasteiger partial charge in [-0.25, -0.2) is 0 Å². The number of carbonyl (C=O) groups excluding carboxylic acids is 1. The Kier molecular flexibility index (Phi) is 12.9. The topological polar surface area (TPSA) is 67.6 Å². The molecule has 0 bridgehead atoms. The van der Waals surface area contributed by atoms with Crippen LogP contribution in [-0.4, -0.2) is 49.7 Å². The van der Waals surface area contributed by atoms with Gasteiger partial charge in [-0.3, -0.25) is 9.69 Å². The predicted molar refractivity (Wildman–Crippen MR) is 111 cm³/mol. The van der Waals surface area contributed by atoms with Crippen molar-refractivity contribution in [3.63, 3.8) is 0 Å². The van der Waals surface area contributed by atoms with Gasteiger partial charge in [-0.05, 0) is 44.7 Å². The summed E-state index contributed by atoms with van der Waals surface area (Å²) in [7, 11) is 2.12. The van der Waals surface area contributed by atoms with Crippen LogP contribution in [0.2, 0.25) is 0 Å². The second-order valence-electron chi connectivity index (χ2n) is 6.81. The molecule has 1 aliphatic rings. The fourth-order valence-corrected chi connectivity index (χ4v) is 3.06. The van der Waals surface area contributed by atoms with Gasteiger partial charge >= 0.3 is 0 Å². The summed E-state index contributed by atoms with van der Waals surface area (Å²) in [5, 5.41) is 3.00.